The number of nitrogens with two attached hydrogens (primary N) is 1. The van der Waals surface area contributed by atoms with E-state index in [1.807, 2.05) is 13.8 Å². The van der Waals surface area contributed by atoms with Crippen LogP contribution < -0.4 is 5.73 Å². The third kappa shape index (κ3) is 1.23. The smallest absolute Gasteiger partial charge is 0.174 e. The number of hydrogen-bond acceptors (Lipinski definition) is 3. The largest absolute Gasteiger partial charge is 0.380 e. The number of aromatic nitrogens is 1. The lowest BCUT2D eigenvalue weighted by molar-refractivity contribution is 0.459. The van der Waals surface area contributed by atoms with E-state index in [1.165, 1.54) is 6.07 Å². The monoisotopic (exact) mass is 194 g/mol. The SMILES string of the molecule is CC(C)c1cc2onc(N)c2cc1F. The maximum Gasteiger partial charge on any atom is 0.174 e. The molecule has 1 aromatic heterocycles. The van der Waals surface area contributed by atoms with Gasteiger partial charge in [-0.25, -0.2) is 4.39 Å². The lowest BCUT2D eigenvalue weighted by Crippen LogP contribution is -1.93. The van der Waals surface area contributed by atoms with Gasteiger partial charge in [-0.15, -0.1) is 0 Å². The van der Waals surface area contributed by atoms with Gasteiger partial charge in [0.25, 0.3) is 0 Å². The molecule has 2 rings (SSSR count). The number of fused-ring (bicyclic) bond motifs is 1. The zero-order valence-electron chi connectivity index (χ0n) is 8.04. The molecular weight excluding hydrogens is 183 g/mol. The quantitative estimate of drug-likeness (QED) is 0.759. The number of halogens is 1. The number of benzene rings is 1. The van der Waals surface area contributed by atoms with Crippen molar-refractivity contribution < 1.29 is 8.91 Å². The molecule has 0 atom stereocenters. The molecule has 1 aromatic carbocycles. The second-order valence-corrected chi connectivity index (χ2v) is 3.59. The molecule has 14 heavy (non-hydrogen) atoms. The highest BCUT2D eigenvalue weighted by Crippen LogP contribution is 2.27. The summed E-state index contributed by atoms with van der Waals surface area (Å²) in [5.41, 5.74) is 6.65. The topological polar surface area (TPSA) is 52.0 Å². The second-order valence-electron chi connectivity index (χ2n) is 3.59. The molecule has 0 saturated heterocycles. The van der Waals surface area contributed by atoms with Crippen molar-refractivity contribution in [2.45, 2.75) is 19.8 Å². The first-order valence-corrected chi connectivity index (χ1v) is 4.44. The summed E-state index contributed by atoms with van der Waals surface area (Å²) in [7, 11) is 0. The van der Waals surface area contributed by atoms with E-state index in [2.05, 4.69) is 5.16 Å². The van der Waals surface area contributed by atoms with Crippen molar-refractivity contribution in [2.24, 2.45) is 0 Å². The number of nitrogen functional groups attached to an aromatic ring is 1. The van der Waals surface area contributed by atoms with Gasteiger partial charge >= 0.3 is 0 Å². The molecule has 0 unspecified atom stereocenters. The van der Waals surface area contributed by atoms with Crippen LogP contribution in [0.1, 0.15) is 25.3 Å². The minimum Gasteiger partial charge on any atom is -0.380 e. The molecule has 0 spiro atoms. The van der Waals surface area contributed by atoms with Gasteiger partial charge in [0, 0.05) is 0 Å². The Kier molecular flexibility index (Phi) is 1.91. The van der Waals surface area contributed by atoms with Crippen LogP contribution in [0.15, 0.2) is 16.7 Å². The molecule has 0 aliphatic rings. The normalized spacial score (nSPS) is 11.4. The highest BCUT2D eigenvalue weighted by molar-refractivity contribution is 5.87. The summed E-state index contributed by atoms with van der Waals surface area (Å²) < 4.78 is 18.5. The van der Waals surface area contributed by atoms with Gasteiger partial charge in [-0.3, -0.25) is 0 Å². The molecule has 74 valence electrons. The van der Waals surface area contributed by atoms with Gasteiger partial charge in [0.1, 0.15) is 5.82 Å². The van der Waals surface area contributed by atoms with E-state index in [0.717, 1.165) is 0 Å². The average molecular weight is 194 g/mol. The number of nitrogens with zero attached hydrogens (tertiary/aromatic N) is 1. The van der Waals surface area contributed by atoms with Crippen molar-refractivity contribution in [3.63, 3.8) is 0 Å². The Morgan fingerprint density at radius 1 is 1.43 bits per heavy atom. The fourth-order valence-corrected chi connectivity index (χ4v) is 1.43. The summed E-state index contributed by atoms with van der Waals surface area (Å²) in [5, 5.41) is 4.11. The van der Waals surface area contributed by atoms with E-state index >= 15 is 0 Å². The average Bonchev–Trinajstić information content (AvgIpc) is 2.46. The van der Waals surface area contributed by atoms with Crippen LogP contribution in [0.5, 0.6) is 0 Å². The lowest BCUT2D eigenvalue weighted by atomic mass is 10.0. The Labute approximate surface area is 80.7 Å². The van der Waals surface area contributed by atoms with E-state index in [9.17, 15) is 4.39 Å². The van der Waals surface area contributed by atoms with Crippen LogP contribution in [-0.4, -0.2) is 5.16 Å². The molecule has 0 amide bonds. The molecule has 0 radical (unpaired) electrons. The minimum atomic E-state index is -0.262. The highest BCUT2D eigenvalue weighted by atomic mass is 19.1. The number of rotatable bonds is 1. The van der Waals surface area contributed by atoms with Gasteiger partial charge in [0.15, 0.2) is 11.4 Å². The van der Waals surface area contributed by atoms with Crippen LogP contribution in [0.2, 0.25) is 0 Å². The first-order chi connectivity index (χ1) is 6.59. The van der Waals surface area contributed by atoms with Crippen LogP contribution >= 0.6 is 0 Å². The molecule has 0 aliphatic heterocycles. The van der Waals surface area contributed by atoms with Crippen molar-refractivity contribution in [2.75, 3.05) is 5.73 Å². The Hall–Kier alpha value is -1.58. The molecule has 0 fully saturated rings. The zero-order chi connectivity index (χ0) is 10.3. The predicted octanol–water partition coefficient (Wildman–Crippen LogP) is 2.67. The van der Waals surface area contributed by atoms with Crippen LogP contribution in [0.25, 0.3) is 11.0 Å². The third-order valence-corrected chi connectivity index (χ3v) is 2.24. The van der Waals surface area contributed by atoms with Gasteiger partial charge in [-0.2, -0.15) is 0 Å². The van der Waals surface area contributed by atoms with Gasteiger partial charge in [-0.1, -0.05) is 19.0 Å². The standard InChI is InChI=1S/C10H11FN2O/c1-5(2)6-4-9-7(3-8(6)11)10(12)13-14-9/h3-5H,1-2H3,(H2,12,13). The Bertz CT molecular complexity index is 476. The van der Waals surface area contributed by atoms with Gasteiger partial charge in [-0.05, 0) is 23.6 Å². The summed E-state index contributed by atoms with van der Waals surface area (Å²) in [6.45, 7) is 3.84. The third-order valence-electron chi connectivity index (χ3n) is 2.24. The van der Waals surface area contributed by atoms with Crippen LogP contribution in [0, 0.1) is 5.82 Å². The van der Waals surface area contributed by atoms with E-state index in [-0.39, 0.29) is 17.6 Å². The van der Waals surface area contributed by atoms with Crippen LogP contribution in [0.4, 0.5) is 10.2 Å². The van der Waals surface area contributed by atoms with Gasteiger partial charge < -0.3 is 10.3 Å². The summed E-state index contributed by atoms with van der Waals surface area (Å²) in [6, 6.07) is 3.02. The van der Waals surface area contributed by atoms with Crippen molar-refractivity contribution in [1.82, 2.24) is 5.16 Å². The summed E-state index contributed by atoms with van der Waals surface area (Å²) >= 11 is 0. The second kappa shape index (κ2) is 2.97. The van der Waals surface area contributed by atoms with Gasteiger partial charge in [0.05, 0.1) is 5.39 Å². The Morgan fingerprint density at radius 2 is 2.14 bits per heavy atom. The Balaban J connectivity index is 2.72. The maximum absolute atomic E-state index is 13.5. The molecular formula is C10H11FN2O. The van der Waals surface area contributed by atoms with Crippen molar-refractivity contribution in [3.05, 3.63) is 23.5 Å². The molecule has 2 aromatic rings. The number of anilines is 1. The van der Waals surface area contributed by atoms with Crippen molar-refractivity contribution in [3.8, 4) is 0 Å². The van der Waals surface area contributed by atoms with Crippen LogP contribution in [-0.2, 0) is 0 Å². The molecule has 4 heteroatoms. The predicted molar refractivity (Wildman–Crippen MR) is 52.5 cm³/mol. The maximum atomic E-state index is 13.5. The lowest BCUT2D eigenvalue weighted by Gasteiger charge is -2.05. The van der Waals surface area contributed by atoms with Crippen molar-refractivity contribution in [1.29, 1.82) is 0 Å². The molecule has 2 N–H and O–H groups in total. The van der Waals surface area contributed by atoms with Crippen molar-refractivity contribution >= 4 is 16.8 Å². The molecule has 0 bridgehead atoms. The Morgan fingerprint density at radius 3 is 2.79 bits per heavy atom. The molecule has 3 nitrogen and oxygen atoms in total. The van der Waals surface area contributed by atoms with E-state index in [1.54, 1.807) is 6.07 Å². The molecule has 1 heterocycles. The summed E-state index contributed by atoms with van der Waals surface area (Å²) in [5.74, 6) is 0.0855. The minimum absolute atomic E-state index is 0.116. The van der Waals surface area contributed by atoms with E-state index in [4.69, 9.17) is 10.3 Å². The fraction of sp³-hybridized carbons (Fsp3) is 0.300. The van der Waals surface area contributed by atoms with E-state index < -0.39 is 0 Å². The molecule has 0 saturated carbocycles. The summed E-state index contributed by atoms with van der Waals surface area (Å²) in [4.78, 5) is 0. The first kappa shape index (κ1) is 8.99. The van der Waals surface area contributed by atoms with E-state index in [0.29, 0.717) is 16.5 Å². The fourth-order valence-electron chi connectivity index (χ4n) is 1.43. The highest BCUT2D eigenvalue weighted by Gasteiger charge is 2.12. The van der Waals surface area contributed by atoms with Gasteiger partial charge in [0.2, 0.25) is 0 Å². The molecule has 0 aliphatic carbocycles. The van der Waals surface area contributed by atoms with Crippen LogP contribution in [0.3, 0.4) is 0 Å². The first-order valence-electron chi connectivity index (χ1n) is 4.44. The number of hydrogen-bond donors (Lipinski definition) is 1. The summed E-state index contributed by atoms with van der Waals surface area (Å²) in [6.07, 6.45) is 0. The zero-order valence-corrected chi connectivity index (χ0v) is 8.04.